The van der Waals surface area contributed by atoms with E-state index in [1.807, 2.05) is 43.5 Å². The van der Waals surface area contributed by atoms with Gasteiger partial charge in [0.1, 0.15) is 0 Å². The summed E-state index contributed by atoms with van der Waals surface area (Å²) >= 11 is 6.91. The molecule has 0 aliphatic rings. The zero-order valence-corrected chi connectivity index (χ0v) is 12.4. The number of benzene rings is 1. The number of hydrogen-bond donors (Lipinski definition) is 0. The van der Waals surface area contributed by atoms with E-state index < -0.39 is 0 Å². The lowest BCUT2D eigenvalue weighted by Crippen LogP contribution is -1.94. The van der Waals surface area contributed by atoms with Crippen LogP contribution in [0, 0.1) is 0 Å². The Morgan fingerprint density at radius 3 is 2.71 bits per heavy atom. The molecule has 2 rings (SSSR count). The summed E-state index contributed by atoms with van der Waals surface area (Å²) in [5.74, 6) is 0. The number of aromatic nitrogens is 1. The van der Waals surface area contributed by atoms with Crippen LogP contribution in [0.15, 0.2) is 56.7 Å². The molecule has 2 aromatic rings. The summed E-state index contributed by atoms with van der Waals surface area (Å²) in [6.45, 7) is 1.98. The topological polar surface area (TPSA) is 25.2 Å². The van der Waals surface area contributed by atoms with Crippen LogP contribution in [0.4, 0.5) is 5.69 Å². The van der Waals surface area contributed by atoms with E-state index in [4.69, 9.17) is 0 Å². The Hall–Kier alpha value is -1.00. The predicted molar refractivity (Wildman–Crippen MR) is 78.0 cm³/mol. The fourth-order valence-electron chi connectivity index (χ4n) is 1.39. The third-order valence-electron chi connectivity index (χ3n) is 2.28. The molecule has 0 bridgehead atoms. The Kier molecular flexibility index (Phi) is 4.07. The summed E-state index contributed by atoms with van der Waals surface area (Å²) in [4.78, 5) is 8.66. The average molecular weight is 354 g/mol. The number of rotatable bonds is 2. The smallest absolute Gasteiger partial charge is 0.0775 e. The van der Waals surface area contributed by atoms with Crippen LogP contribution >= 0.6 is 31.9 Å². The van der Waals surface area contributed by atoms with Gasteiger partial charge in [-0.2, -0.15) is 0 Å². The van der Waals surface area contributed by atoms with E-state index in [1.54, 1.807) is 6.20 Å². The molecule has 0 spiro atoms. The van der Waals surface area contributed by atoms with Gasteiger partial charge in [0.2, 0.25) is 0 Å². The van der Waals surface area contributed by atoms with Crippen LogP contribution in [0.1, 0.15) is 12.5 Å². The van der Waals surface area contributed by atoms with E-state index in [0.717, 1.165) is 25.9 Å². The molecule has 0 atom stereocenters. The van der Waals surface area contributed by atoms with Gasteiger partial charge >= 0.3 is 0 Å². The molecule has 1 aromatic carbocycles. The van der Waals surface area contributed by atoms with Crippen molar-refractivity contribution in [3.63, 3.8) is 0 Å². The highest BCUT2D eigenvalue weighted by atomic mass is 79.9. The Morgan fingerprint density at radius 1 is 1.24 bits per heavy atom. The quantitative estimate of drug-likeness (QED) is 0.715. The Morgan fingerprint density at radius 2 is 2.06 bits per heavy atom. The maximum absolute atomic E-state index is 4.58. The third kappa shape index (κ3) is 3.23. The van der Waals surface area contributed by atoms with E-state index in [-0.39, 0.29) is 0 Å². The van der Waals surface area contributed by atoms with Crippen molar-refractivity contribution in [1.29, 1.82) is 0 Å². The molecule has 86 valence electrons. The zero-order chi connectivity index (χ0) is 12.3. The first-order valence-electron chi connectivity index (χ1n) is 5.07. The molecule has 0 saturated carbocycles. The molecule has 0 N–H and O–H groups in total. The molecule has 0 aliphatic heterocycles. The van der Waals surface area contributed by atoms with Crippen LogP contribution in [-0.4, -0.2) is 10.7 Å². The summed E-state index contributed by atoms with van der Waals surface area (Å²) in [5.41, 5.74) is 2.89. The Labute approximate surface area is 117 Å². The second-order valence-electron chi connectivity index (χ2n) is 3.53. The second kappa shape index (κ2) is 5.56. The Balaban J connectivity index is 2.36. The van der Waals surface area contributed by atoms with Crippen LogP contribution in [0.5, 0.6) is 0 Å². The van der Waals surface area contributed by atoms with Gasteiger partial charge in [-0.3, -0.25) is 9.98 Å². The van der Waals surface area contributed by atoms with Crippen molar-refractivity contribution in [2.24, 2.45) is 4.99 Å². The number of nitrogens with zero attached hydrogens (tertiary/aromatic N) is 2. The van der Waals surface area contributed by atoms with Gasteiger partial charge < -0.3 is 0 Å². The highest BCUT2D eigenvalue weighted by molar-refractivity contribution is 9.11. The molecule has 0 radical (unpaired) electrons. The first kappa shape index (κ1) is 12.5. The van der Waals surface area contributed by atoms with Gasteiger partial charge in [0.15, 0.2) is 0 Å². The molecule has 0 fully saturated rings. The molecule has 1 heterocycles. The summed E-state index contributed by atoms with van der Waals surface area (Å²) in [7, 11) is 0. The maximum Gasteiger partial charge on any atom is 0.0775 e. The zero-order valence-electron chi connectivity index (χ0n) is 9.19. The minimum Gasteiger partial charge on any atom is -0.264 e. The molecular weight excluding hydrogens is 344 g/mol. The average Bonchev–Trinajstić information content (AvgIpc) is 2.34. The molecule has 0 amide bonds. The predicted octanol–water partition coefficient (Wildman–Crippen LogP) is 4.75. The van der Waals surface area contributed by atoms with Crippen molar-refractivity contribution in [3.05, 3.63) is 57.2 Å². The van der Waals surface area contributed by atoms with Gasteiger partial charge in [-0.25, -0.2) is 0 Å². The fraction of sp³-hybridized carbons (Fsp3) is 0.0769. The molecule has 17 heavy (non-hydrogen) atoms. The molecule has 0 aliphatic carbocycles. The van der Waals surface area contributed by atoms with E-state index in [9.17, 15) is 0 Å². The summed E-state index contributed by atoms with van der Waals surface area (Å²) < 4.78 is 2.00. The molecule has 0 unspecified atom stereocenters. The van der Waals surface area contributed by atoms with E-state index in [2.05, 4.69) is 41.8 Å². The molecule has 1 aromatic heterocycles. The van der Waals surface area contributed by atoms with Crippen molar-refractivity contribution in [3.8, 4) is 0 Å². The van der Waals surface area contributed by atoms with E-state index in [0.29, 0.717) is 0 Å². The van der Waals surface area contributed by atoms with Gasteiger partial charge in [-0.15, -0.1) is 0 Å². The third-order valence-corrected chi connectivity index (χ3v) is 3.41. The minimum atomic E-state index is 0.912. The molecule has 2 nitrogen and oxygen atoms in total. The van der Waals surface area contributed by atoms with Gasteiger partial charge in [-0.05, 0) is 47.1 Å². The first-order valence-corrected chi connectivity index (χ1v) is 6.66. The van der Waals surface area contributed by atoms with Gasteiger partial charge in [-0.1, -0.05) is 22.0 Å². The lowest BCUT2D eigenvalue weighted by atomic mass is 10.2. The molecular formula is C13H10Br2N2. The van der Waals surface area contributed by atoms with Crippen LogP contribution in [0.3, 0.4) is 0 Å². The highest BCUT2D eigenvalue weighted by Gasteiger charge is 2.01. The van der Waals surface area contributed by atoms with Crippen LogP contribution in [0.2, 0.25) is 0 Å². The number of aliphatic imine (C=N–C) groups is 1. The van der Waals surface area contributed by atoms with Crippen molar-refractivity contribution < 1.29 is 0 Å². The first-order chi connectivity index (χ1) is 8.16. The van der Waals surface area contributed by atoms with Crippen LogP contribution in [-0.2, 0) is 0 Å². The van der Waals surface area contributed by atoms with Crippen molar-refractivity contribution in [2.45, 2.75) is 6.92 Å². The maximum atomic E-state index is 4.58. The fourth-order valence-corrected chi connectivity index (χ4v) is 2.53. The molecule has 0 saturated heterocycles. The Bertz CT molecular complexity index is 551. The lowest BCUT2D eigenvalue weighted by Gasteiger charge is -2.03. The van der Waals surface area contributed by atoms with E-state index in [1.165, 1.54) is 0 Å². The van der Waals surface area contributed by atoms with Crippen LogP contribution in [0.25, 0.3) is 0 Å². The minimum absolute atomic E-state index is 0.912. The monoisotopic (exact) mass is 352 g/mol. The van der Waals surface area contributed by atoms with E-state index >= 15 is 0 Å². The number of pyridine rings is 1. The standard InChI is InChI=1S/C13H10Br2N2/c1-9(10-3-2-6-16-8-10)17-13-5-4-11(14)7-12(13)15/h2-8H,1H3. The van der Waals surface area contributed by atoms with Crippen LogP contribution < -0.4 is 0 Å². The summed E-state index contributed by atoms with van der Waals surface area (Å²) in [5, 5.41) is 0. The SMILES string of the molecule is CC(=Nc1ccc(Br)cc1Br)c1cccnc1. The van der Waals surface area contributed by atoms with Crippen molar-refractivity contribution in [1.82, 2.24) is 4.98 Å². The van der Waals surface area contributed by atoms with Gasteiger partial charge in [0.25, 0.3) is 0 Å². The normalized spacial score (nSPS) is 11.6. The van der Waals surface area contributed by atoms with Crippen molar-refractivity contribution in [2.75, 3.05) is 0 Å². The van der Waals surface area contributed by atoms with Gasteiger partial charge in [0.05, 0.1) is 5.69 Å². The summed E-state index contributed by atoms with van der Waals surface area (Å²) in [6, 6.07) is 9.83. The van der Waals surface area contributed by atoms with Gasteiger partial charge in [0, 0.05) is 32.6 Å². The largest absolute Gasteiger partial charge is 0.264 e. The number of halogens is 2. The van der Waals surface area contributed by atoms with Crippen molar-refractivity contribution >= 4 is 43.3 Å². The lowest BCUT2D eigenvalue weighted by molar-refractivity contribution is 1.31. The molecule has 4 heteroatoms. The second-order valence-corrected chi connectivity index (χ2v) is 5.30. The highest BCUT2D eigenvalue weighted by Crippen LogP contribution is 2.29. The summed E-state index contributed by atoms with van der Waals surface area (Å²) in [6.07, 6.45) is 3.57. The number of hydrogen-bond acceptors (Lipinski definition) is 2.